The normalized spacial score (nSPS) is 10.9. The molecule has 2 aromatic rings. The van der Waals surface area contributed by atoms with E-state index in [1.54, 1.807) is 14.2 Å². The summed E-state index contributed by atoms with van der Waals surface area (Å²) in [4.78, 5) is 0. The molecule has 4 heteroatoms. The number of fused-ring (bicyclic) bond motifs is 1. The summed E-state index contributed by atoms with van der Waals surface area (Å²) in [5, 5.41) is 4.29. The molecule has 0 fully saturated rings. The zero-order valence-corrected chi connectivity index (χ0v) is 11.3. The van der Waals surface area contributed by atoms with Crippen molar-refractivity contribution >= 4 is 11.0 Å². The molecule has 0 saturated carbocycles. The minimum absolute atomic E-state index is 0.725. The Kier molecular flexibility index (Phi) is 3.77. The standard InChI is InChI=1S/C14H19NO3/c1-5-15-8-13-9(2)14-11(17-4)6-10(16-3)7-12(14)18-13/h6-7,15H,5,8H2,1-4H3. The number of rotatable bonds is 5. The molecule has 0 aliphatic carbocycles. The highest BCUT2D eigenvalue weighted by atomic mass is 16.5. The Bertz CT molecular complexity index is 545. The van der Waals surface area contributed by atoms with Crippen molar-refractivity contribution in [1.29, 1.82) is 0 Å². The Hall–Kier alpha value is -1.68. The largest absolute Gasteiger partial charge is 0.496 e. The van der Waals surface area contributed by atoms with Crippen molar-refractivity contribution in [2.75, 3.05) is 20.8 Å². The molecule has 1 heterocycles. The first kappa shape index (κ1) is 12.8. The summed E-state index contributed by atoms with van der Waals surface area (Å²) in [6, 6.07) is 3.77. The van der Waals surface area contributed by atoms with Crippen LogP contribution in [-0.4, -0.2) is 20.8 Å². The van der Waals surface area contributed by atoms with Gasteiger partial charge in [-0.3, -0.25) is 0 Å². The average molecular weight is 249 g/mol. The van der Waals surface area contributed by atoms with E-state index in [1.165, 1.54) is 0 Å². The van der Waals surface area contributed by atoms with Gasteiger partial charge in [-0.25, -0.2) is 0 Å². The Morgan fingerprint density at radius 3 is 2.61 bits per heavy atom. The number of methoxy groups -OCH3 is 2. The molecule has 0 atom stereocenters. The fourth-order valence-corrected chi connectivity index (χ4v) is 2.05. The lowest BCUT2D eigenvalue weighted by molar-refractivity contribution is 0.397. The van der Waals surface area contributed by atoms with E-state index in [4.69, 9.17) is 13.9 Å². The molecule has 0 radical (unpaired) electrons. The predicted molar refractivity (Wildman–Crippen MR) is 71.4 cm³/mol. The summed E-state index contributed by atoms with van der Waals surface area (Å²) in [7, 11) is 3.29. The maximum absolute atomic E-state index is 5.86. The molecule has 1 aromatic carbocycles. The molecule has 2 rings (SSSR count). The second-order valence-electron chi connectivity index (χ2n) is 4.13. The number of nitrogens with one attached hydrogen (secondary N) is 1. The third-order valence-corrected chi connectivity index (χ3v) is 3.06. The van der Waals surface area contributed by atoms with Gasteiger partial charge in [-0.15, -0.1) is 0 Å². The minimum atomic E-state index is 0.725. The summed E-state index contributed by atoms with van der Waals surface area (Å²) in [5.41, 5.74) is 1.92. The van der Waals surface area contributed by atoms with Crippen LogP contribution in [0, 0.1) is 6.92 Å². The van der Waals surface area contributed by atoms with Gasteiger partial charge < -0.3 is 19.2 Å². The molecule has 4 nitrogen and oxygen atoms in total. The third kappa shape index (κ3) is 2.16. The molecule has 1 aromatic heterocycles. The molecule has 0 aliphatic rings. The van der Waals surface area contributed by atoms with Crippen LogP contribution >= 0.6 is 0 Å². The maximum atomic E-state index is 5.86. The zero-order chi connectivity index (χ0) is 13.1. The van der Waals surface area contributed by atoms with E-state index >= 15 is 0 Å². The van der Waals surface area contributed by atoms with E-state index in [1.807, 2.05) is 19.1 Å². The SMILES string of the molecule is CCNCc1oc2cc(OC)cc(OC)c2c1C. The van der Waals surface area contributed by atoms with Crippen molar-refractivity contribution in [2.45, 2.75) is 20.4 Å². The highest BCUT2D eigenvalue weighted by Crippen LogP contribution is 2.36. The number of hydrogen-bond acceptors (Lipinski definition) is 4. The van der Waals surface area contributed by atoms with Gasteiger partial charge in [0.05, 0.1) is 26.2 Å². The summed E-state index contributed by atoms with van der Waals surface area (Å²) < 4.78 is 16.5. The van der Waals surface area contributed by atoms with Crippen molar-refractivity contribution < 1.29 is 13.9 Å². The Morgan fingerprint density at radius 1 is 1.22 bits per heavy atom. The number of hydrogen-bond donors (Lipinski definition) is 1. The predicted octanol–water partition coefficient (Wildman–Crippen LogP) is 2.87. The van der Waals surface area contributed by atoms with Crippen LogP contribution in [0.3, 0.4) is 0 Å². The van der Waals surface area contributed by atoms with E-state index in [9.17, 15) is 0 Å². The molecule has 0 unspecified atom stereocenters. The van der Waals surface area contributed by atoms with Crippen molar-refractivity contribution in [3.63, 3.8) is 0 Å². The van der Waals surface area contributed by atoms with Crippen LogP contribution in [0.5, 0.6) is 11.5 Å². The molecular weight excluding hydrogens is 230 g/mol. The highest BCUT2D eigenvalue weighted by Gasteiger charge is 2.15. The molecule has 0 spiro atoms. The van der Waals surface area contributed by atoms with Gasteiger partial charge in [0.2, 0.25) is 0 Å². The van der Waals surface area contributed by atoms with Crippen molar-refractivity contribution in [3.05, 3.63) is 23.5 Å². The van der Waals surface area contributed by atoms with Gasteiger partial charge in [-0.05, 0) is 13.5 Å². The van der Waals surface area contributed by atoms with Gasteiger partial charge in [0.1, 0.15) is 22.8 Å². The fraction of sp³-hybridized carbons (Fsp3) is 0.429. The third-order valence-electron chi connectivity index (χ3n) is 3.06. The monoisotopic (exact) mass is 249 g/mol. The highest BCUT2D eigenvalue weighted by molar-refractivity contribution is 5.89. The van der Waals surface area contributed by atoms with Gasteiger partial charge in [-0.2, -0.15) is 0 Å². The van der Waals surface area contributed by atoms with Crippen molar-refractivity contribution in [1.82, 2.24) is 5.32 Å². The molecule has 0 bridgehead atoms. The van der Waals surface area contributed by atoms with E-state index in [-0.39, 0.29) is 0 Å². The quantitative estimate of drug-likeness (QED) is 0.885. The summed E-state index contributed by atoms with van der Waals surface area (Å²) in [5.74, 6) is 2.47. The molecule has 18 heavy (non-hydrogen) atoms. The second-order valence-corrected chi connectivity index (χ2v) is 4.13. The van der Waals surface area contributed by atoms with Crippen molar-refractivity contribution in [2.24, 2.45) is 0 Å². The maximum Gasteiger partial charge on any atom is 0.142 e. The van der Waals surface area contributed by atoms with Gasteiger partial charge in [0.15, 0.2) is 0 Å². The number of furan rings is 1. The fourth-order valence-electron chi connectivity index (χ4n) is 2.05. The van der Waals surface area contributed by atoms with E-state index < -0.39 is 0 Å². The van der Waals surface area contributed by atoms with E-state index in [0.29, 0.717) is 0 Å². The molecule has 98 valence electrons. The zero-order valence-electron chi connectivity index (χ0n) is 11.3. The lowest BCUT2D eigenvalue weighted by atomic mass is 10.1. The molecule has 0 aliphatic heterocycles. The first-order valence-corrected chi connectivity index (χ1v) is 6.06. The second kappa shape index (κ2) is 5.31. The average Bonchev–Trinajstić information content (AvgIpc) is 2.72. The smallest absolute Gasteiger partial charge is 0.142 e. The molecule has 0 saturated heterocycles. The lowest BCUT2D eigenvalue weighted by Gasteiger charge is -2.05. The minimum Gasteiger partial charge on any atom is -0.496 e. The molecular formula is C14H19NO3. The number of benzene rings is 1. The van der Waals surface area contributed by atoms with Crippen LogP contribution in [0.15, 0.2) is 16.5 Å². The Morgan fingerprint density at radius 2 is 2.00 bits per heavy atom. The van der Waals surface area contributed by atoms with Crippen LogP contribution in [-0.2, 0) is 6.54 Å². The van der Waals surface area contributed by atoms with Crippen LogP contribution in [0.4, 0.5) is 0 Å². The number of ether oxygens (including phenoxy) is 2. The summed E-state index contributed by atoms with van der Waals surface area (Å²) in [6.07, 6.45) is 0. The summed E-state index contributed by atoms with van der Waals surface area (Å²) in [6.45, 7) is 5.76. The van der Waals surface area contributed by atoms with Crippen LogP contribution in [0.25, 0.3) is 11.0 Å². The van der Waals surface area contributed by atoms with E-state index in [0.717, 1.165) is 46.9 Å². The molecule has 1 N–H and O–H groups in total. The van der Waals surface area contributed by atoms with Crippen molar-refractivity contribution in [3.8, 4) is 11.5 Å². The first-order chi connectivity index (χ1) is 8.71. The van der Waals surface area contributed by atoms with Crippen LogP contribution in [0.2, 0.25) is 0 Å². The lowest BCUT2D eigenvalue weighted by Crippen LogP contribution is -2.11. The van der Waals surface area contributed by atoms with Gasteiger partial charge in [0, 0.05) is 17.7 Å². The summed E-state index contributed by atoms with van der Waals surface area (Å²) >= 11 is 0. The first-order valence-electron chi connectivity index (χ1n) is 6.06. The van der Waals surface area contributed by atoms with Gasteiger partial charge in [-0.1, -0.05) is 6.92 Å². The van der Waals surface area contributed by atoms with Crippen LogP contribution < -0.4 is 14.8 Å². The topological polar surface area (TPSA) is 43.6 Å². The van der Waals surface area contributed by atoms with Gasteiger partial charge >= 0.3 is 0 Å². The van der Waals surface area contributed by atoms with Crippen LogP contribution in [0.1, 0.15) is 18.2 Å². The molecule has 0 amide bonds. The Labute approximate surface area is 107 Å². The Balaban J connectivity index is 2.55. The van der Waals surface area contributed by atoms with E-state index in [2.05, 4.69) is 12.2 Å². The van der Waals surface area contributed by atoms with Gasteiger partial charge in [0.25, 0.3) is 0 Å². The number of aryl methyl sites for hydroxylation is 1.